The van der Waals surface area contributed by atoms with E-state index in [9.17, 15) is 0 Å². The molecule has 0 heteroatoms. The summed E-state index contributed by atoms with van der Waals surface area (Å²) < 4.78 is 0. The molecule has 0 aromatic heterocycles. The predicted molar refractivity (Wildman–Crippen MR) is 147 cm³/mol. The Morgan fingerprint density at radius 3 is 2.18 bits per heavy atom. The zero-order valence-electron chi connectivity index (χ0n) is 19.8. The van der Waals surface area contributed by atoms with Gasteiger partial charge in [0, 0.05) is 0 Å². The molecule has 1 aliphatic rings. The van der Waals surface area contributed by atoms with Gasteiger partial charge >= 0.3 is 0 Å². The van der Waals surface area contributed by atoms with Gasteiger partial charge in [0.05, 0.1) is 0 Å². The van der Waals surface area contributed by atoms with E-state index in [0.717, 1.165) is 12.8 Å². The van der Waals surface area contributed by atoms with Crippen LogP contribution in [-0.2, 0) is 6.42 Å². The number of hydrogen-bond donors (Lipinski definition) is 0. The maximum atomic E-state index is 2.39. The molecule has 0 N–H and O–H groups in total. The van der Waals surface area contributed by atoms with Crippen LogP contribution in [0.2, 0.25) is 0 Å². The lowest BCUT2D eigenvalue weighted by molar-refractivity contribution is 1.00. The highest BCUT2D eigenvalue weighted by Crippen LogP contribution is 2.37. The van der Waals surface area contributed by atoms with Gasteiger partial charge in [-0.15, -0.1) is 0 Å². The van der Waals surface area contributed by atoms with Gasteiger partial charge in [0.1, 0.15) is 0 Å². The molecule has 0 nitrogen and oxygen atoms in total. The van der Waals surface area contributed by atoms with Crippen LogP contribution < -0.4 is 0 Å². The minimum atomic E-state index is 1.10. The van der Waals surface area contributed by atoms with Gasteiger partial charge in [0.25, 0.3) is 0 Å². The summed E-state index contributed by atoms with van der Waals surface area (Å²) in [6, 6.07) is 37.9. The molecule has 5 aromatic carbocycles. The molecule has 1 aliphatic carbocycles. The van der Waals surface area contributed by atoms with E-state index in [-0.39, 0.29) is 0 Å². The van der Waals surface area contributed by atoms with Crippen molar-refractivity contribution in [1.82, 2.24) is 0 Å². The highest BCUT2D eigenvalue weighted by atomic mass is 14.2. The number of fused-ring (bicyclic) bond motifs is 2. The fraction of sp³-hybridized carbons (Fsp3) is 0.118. The number of rotatable bonds is 3. The Balaban J connectivity index is 1.43. The maximum Gasteiger partial charge on any atom is -0.00735 e. The van der Waals surface area contributed by atoms with Crippen molar-refractivity contribution < 1.29 is 0 Å². The smallest absolute Gasteiger partial charge is 0.00735 e. The zero-order chi connectivity index (χ0) is 23.1. The Morgan fingerprint density at radius 2 is 1.32 bits per heavy atom. The molecule has 0 saturated carbocycles. The summed E-state index contributed by atoms with van der Waals surface area (Å²) in [6.07, 6.45) is 4.60. The van der Waals surface area contributed by atoms with Crippen LogP contribution in [-0.4, -0.2) is 0 Å². The molecule has 164 valence electrons. The van der Waals surface area contributed by atoms with Crippen LogP contribution in [0.5, 0.6) is 0 Å². The van der Waals surface area contributed by atoms with Crippen molar-refractivity contribution in [3.8, 4) is 22.3 Å². The van der Waals surface area contributed by atoms with Gasteiger partial charge in [-0.25, -0.2) is 0 Å². The van der Waals surface area contributed by atoms with E-state index >= 15 is 0 Å². The molecule has 0 amide bonds. The molecule has 0 spiro atoms. The largest absolute Gasteiger partial charge is 0.0622 e. The van der Waals surface area contributed by atoms with Crippen LogP contribution in [0, 0.1) is 13.8 Å². The monoisotopic (exact) mass is 436 g/mol. The van der Waals surface area contributed by atoms with E-state index in [2.05, 4.69) is 123 Å². The molecular formula is C34H28. The van der Waals surface area contributed by atoms with Crippen molar-refractivity contribution in [2.24, 2.45) is 0 Å². The van der Waals surface area contributed by atoms with Crippen molar-refractivity contribution in [1.29, 1.82) is 0 Å². The maximum absolute atomic E-state index is 2.39. The Labute approximate surface area is 202 Å². The number of allylic oxidation sites excluding steroid dienone is 1. The third kappa shape index (κ3) is 3.66. The lowest BCUT2D eigenvalue weighted by Crippen LogP contribution is -1.99. The minimum Gasteiger partial charge on any atom is -0.0622 e. The molecule has 0 fully saturated rings. The van der Waals surface area contributed by atoms with Gasteiger partial charge in [0.2, 0.25) is 0 Å². The van der Waals surface area contributed by atoms with Crippen molar-refractivity contribution in [2.45, 2.75) is 26.7 Å². The van der Waals surface area contributed by atoms with E-state index in [4.69, 9.17) is 0 Å². The van der Waals surface area contributed by atoms with Gasteiger partial charge in [-0.05, 0) is 105 Å². The Hall–Kier alpha value is -3.90. The van der Waals surface area contributed by atoms with E-state index in [1.54, 1.807) is 0 Å². The highest BCUT2D eigenvalue weighted by molar-refractivity contribution is 6.01. The molecule has 5 aromatic rings. The van der Waals surface area contributed by atoms with Gasteiger partial charge in [-0.1, -0.05) is 97.1 Å². The first-order chi connectivity index (χ1) is 16.7. The molecule has 0 unspecified atom stereocenters. The SMILES string of the molecule is Cc1ccccc1-c1c(C)ccc2cc(-c3ccc4c(c3)C=C(c3ccccc3)CC4)ccc12. The number of hydrogen-bond acceptors (Lipinski definition) is 0. The summed E-state index contributed by atoms with van der Waals surface area (Å²) in [7, 11) is 0. The zero-order valence-corrected chi connectivity index (χ0v) is 19.8. The van der Waals surface area contributed by atoms with Crippen LogP contribution >= 0.6 is 0 Å². The van der Waals surface area contributed by atoms with E-state index < -0.39 is 0 Å². The quantitative estimate of drug-likeness (QED) is 0.264. The van der Waals surface area contributed by atoms with Gasteiger partial charge in [-0.3, -0.25) is 0 Å². The summed E-state index contributed by atoms with van der Waals surface area (Å²) in [4.78, 5) is 0. The molecule has 34 heavy (non-hydrogen) atoms. The standard InChI is InChI=1S/C34H28/c1-23-8-6-7-11-32(23)34-24(2)12-13-30-20-29(18-19-33(30)34)28-17-15-26-14-16-27(21-31(26)22-28)25-9-4-3-5-10-25/h3-13,15,17-22H,14,16H2,1-2H3. The molecular weight excluding hydrogens is 408 g/mol. The van der Waals surface area contributed by atoms with E-state index in [0.29, 0.717) is 0 Å². The van der Waals surface area contributed by atoms with Gasteiger partial charge in [-0.2, -0.15) is 0 Å². The summed E-state index contributed by atoms with van der Waals surface area (Å²) in [5, 5.41) is 2.61. The van der Waals surface area contributed by atoms with Crippen molar-refractivity contribution >= 4 is 22.4 Å². The number of benzene rings is 5. The average molecular weight is 437 g/mol. The van der Waals surface area contributed by atoms with Crippen molar-refractivity contribution in [3.05, 3.63) is 131 Å². The van der Waals surface area contributed by atoms with Crippen LogP contribution in [0.25, 0.3) is 44.7 Å². The topological polar surface area (TPSA) is 0 Å². The van der Waals surface area contributed by atoms with E-state index in [1.807, 2.05) is 0 Å². The Morgan fingerprint density at radius 1 is 0.559 bits per heavy atom. The van der Waals surface area contributed by atoms with Gasteiger partial charge in [0.15, 0.2) is 0 Å². The molecule has 0 saturated heterocycles. The molecule has 0 heterocycles. The second-order valence-corrected chi connectivity index (χ2v) is 9.46. The molecule has 0 atom stereocenters. The number of aryl methyl sites for hydroxylation is 3. The Bertz CT molecular complexity index is 1550. The second-order valence-electron chi connectivity index (χ2n) is 9.46. The fourth-order valence-corrected chi connectivity index (χ4v) is 5.37. The van der Waals surface area contributed by atoms with Gasteiger partial charge < -0.3 is 0 Å². The van der Waals surface area contributed by atoms with Crippen molar-refractivity contribution in [2.75, 3.05) is 0 Å². The first-order valence-electron chi connectivity index (χ1n) is 12.2. The second kappa shape index (κ2) is 8.47. The van der Waals surface area contributed by atoms with Crippen molar-refractivity contribution in [3.63, 3.8) is 0 Å². The summed E-state index contributed by atoms with van der Waals surface area (Å²) >= 11 is 0. The van der Waals surface area contributed by atoms with Crippen LogP contribution in [0.15, 0.2) is 103 Å². The molecule has 0 bridgehead atoms. The lowest BCUT2D eigenvalue weighted by Gasteiger charge is -2.18. The van der Waals surface area contributed by atoms with Crippen LogP contribution in [0.3, 0.4) is 0 Å². The van der Waals surface area contributed by atoms with Crippen LogP contribution in [0.4, 0.5) is 0 Å². The highest BCUT2D eigenvalue weighted by Gasteiger charge is 2.14. The third-order valence-electron chi connectivity index (χ3n) is 7.26. The summed E-state index contributed by atoms with van der Waals surface area (Å²) in [5.41, 5.74) is 13.4. The first-order valence-corrected chi connectivity index (χ1v) is 12.2. The molecule has 0 radical (unpaired) electrons. The van der Waals surface area contributed by atoms with E-state index in [1.165, 1.54) is 66.4 Å². The minimum absolute atomic E-state index is 1.10. The third-order valence-corrected chi connectivity index (χ3v) is 7.26. The summed E-state index contributed by atoms with van der Waals surface area (Å²) in [6.45, 7) is 4.42. The first kappa shape index (κ1) is 20.7. The molecule has 0 aliphatic heterocycles. The fourth-order valence-electron chi connectivity index (χ4n) is 5.37. The lowest BCUT2D eigenvalue weighted by atomic mass is 9.86. The summed E-state index contributed by atoms with van der Waals surface area (Å²) in [5.74, 6) is 0. The normalized spacial score (nSPS) is 12.9. The van der Waals surface area contributed by atoms with Crippen LogP contribution in [0.1, 0.15) is 34.2 Å². The predicted octanol–water partition coefficient (Wildman–Crippen LogP) is 9.28. The average Bonchev–Trinajstić information content (AvgIpc) is 2.89. The Kier molecular flexibility index (Phi) is 5.15. The molecule has 6 rings (SSSR count).